The fourth-order valence-electron chi connectivity index (χ4n) is 7.74. The molecule has 3 heterocycles. The summed E-state index contributed by atoms with van der Waals surface area (Å²) in [6.45, 7) is 1.85. The highest BCUT2D eigenvalue weighted by Crippen LogP contribution is 2.48. The summed E-state index contributed by atoms with van der Waals surface area (Å²) in [5, 5.41) is 14.1. The van der Waals surface area contributed by atoms with Crippen LogP contribution in [0, 0.1) is 18.4 Å². The molecule has 0 radical (unpaired) electrons. The summed E-state index contributed by atoms with van der Waals surface area (Å²) in [5.41, 5.74) is 4.95. The molecule has 1 aliphatic rings. The normalized spacial score (nSPS) is 18.9. The smallest absolute Gasteiger partial charge is 0.459 e. The SMILES string of the molecule is C#C[C@]1(CO[P@@](=O)(N[C@@H](Cc2ccccc2)C(=O)OCCCCCCCCCCCCCCCCCCCC)Oc2ccccc2)O[C@@H](n2cnc3c(N)nc(F)nc32)C[C@@H]1O. The number of carbonyl (C=O) groups is 1. The molecule has 0 amide bonds. The Labute approximate surface area is 366 Å². The van der Waals surface area contributed by atoms with E-state index < -0.39 is 50.4 Å². The maximum atomic E-state index is 14.8. The lowest BCUT2D eigenvalue weighted by Crippen LogP contribution is -2.44. The molecule has 0 unspecified atom stereocenters. The number of esters is 1. The number of hydrogen-bond donors (Lipinski definition) is 3. The van der Waals surface area contributed by atoms with Gasteiger partial charge >= 0.3 is 19.8 Å². The number of terminal acetylenes is 1. The van der Waals surface area contributed by atoms with Gasteiger partial charge in [-0.1, -0.05) is 171 Å². The zero-order valence-corrected chi connectivity index (χ0v) is 37.2. The van der Waals surface area contributed by atoms with Crippen LogP contribution in [0.3, 0.4) is 0 Å². The zero-order valence-electron chi connectivity index (χ0n) is 36.3. The lowest BCUT2D eigenvalue weighted by Gasteiger charge is -2.30. The van der Waals surface area contributed by atoms with Gasteiger partial charge in [0.15, 0.2) is 22.6 Å². The molecule has 2 aromatic heterocycles. The molecule has 62 heavy (non-hydrogen) atoms. The number of nitrogens with two attached hydrogens (primary N) is 1. The van der Waals surface area contributed by atoms with Crippen molar-refractivity contribution in [3.8, 4) is 18.1 Å². The molecule has 0 aliphatic carbocycles. The van der Waals surface area contributed by atoms with E-state index in [0.717, 1.165) is 24.8 Å². The second-order valence-electron chi connectivity index (χ2n) is 16.3. The Bertz CT molecular complexity index is 2020. The van der Waals surface area contributed by atoms with Gasteiger partial charge in [0.05, 0.1) is 12.9 Å². The average molecular weight is 877 g/mol. The third kappa shape index (κ3) is 15.2. The summed E-state index contributed by atoms with van der Waals surface area (Å²) in [5.74, 6) is 1.87. The molecular weight excluding hydrogens is 811 g/mol. The second kappa shape index (κ2) is 25.7. The number of ether oxygens (including phenoxy) is 2. The van der Waals surface area contributed by atoms with Gasteiger partial charge in [0, 0.05) is 6.42 Å². The molecule has 2 aromatic carbocycles. The maximum Gasteiger partial charge on any atom is 0.459 e. The molecule has 0 spiro atoms. The first-order chi connectivity index (χ1) is 30.1. The average Bonchev–Trinajstić information content (AvgIpc) is 3.85. The van der Waals surface area contributed by atoms with Crippen LogP contribution in [0.2, 0.25) is 0 Å². The molecule has 15 heteroatoms. The van der Waals surface area contributed by atoms with Crippen molar-refractivity contribution in [1.29, 1.82) is 0 Å². The highest BCUT2D eigenvalue weighted by molar-refractivity contribution is 7.52. The number of para-hydroxylation sites is 1. The van der Waals surface area contributed by atoms with Crippen LogP contribution in [-0.4, -0.2) is 61.6 Å². The van der Waals surface area contributed by atoms with Crippen LogP contribution in [0.25, 0.3) is 11.2 Å². The Hall–Kier alpha value is -4.38. The molecule has 1 fully saturated rings. The summed E-state index contributed by atoms with van der Waals surface area (Å²) in [6, 6.07) is 16.4. The number of carbonyl (C=O) groups excluding carboxylic acids is 1. The van der Waals surface area contributed by atoms with Crippen molar-refractivity contribution >= 4 is 30.7 Å². The standard InChI is InChI=1S/C47H66FN6O7P/c1-3-5-6-7-8-9-10-11-12-13-14-15-16-17-18-19-20-27-32-58-45(56)39(33-37-28-23-21-24-29-37)53-62(57,61-38-30-25-22-26-31-38)59-35-47(4-2)40(55)34-41(60-47)54-36-50-42-43(49)51-46(48)52-44(42)54/h2,21-26,28-31,36,39-41,55H,3,5-20,27,32-35H2,1H3,(H,53,57)(H2,49,51,52)/t39-,40-,41+,47+,62-/m0/s1. The molecule has 0 saturated carbocycles. The van der Waals surface area contributed by atoms with Crippen LogP contribution >= 0.6 is 7.75 Å². The van der Waals surface area contributed by atoms with Crippen molar-refractivity contribution in [2.24, 2.45) is 0 Å². The number of benzene rings is 2. The van der Waals surface area contributed by atoms with Crippen molar-refractivity contribution in [3.63, 3.8) is 0 Å². The van der Waals surface area contributed by atoms with Gasteiger partial charge in [-0.2, -0.15) is 19.4 Å². The zero-order chi connectivity index (χ0) is 44.0. The summed E-state index contributed by atoms with van der Waals surface area (Å²) in [4.78, 5) is 25.2. The number of nitrogen functional groups attached to an aromatic ring is 1. The van der Waals surface area contributed by atoms with Crippen LogP contribution in [0.4, 0.5) is 10.2 Å². The minimum absolute atomic E-state index is 0.0352. The van der Waals surface area contributed by atoms with Crippen LogP contribution in [-0.2, 0) is 29.8 Å². The van der Waals surface area contributed by atoms with E-state index in [2.05, 4.69) is 32.9 Å². The lowest BCUT2D eigenvalue weighted by atomic mass is 9.99. The number of unbranched alkanes of at least 4 members (excludes halogenated alkanes) is 17. The summed E-state index contributed by atoms with van der Waals surface area (Å²) in [6.07, 6.45) is 26.6. The van der Waals surface area contributed by atoms with E-state index in [-0.39, 0.29) is 42.2 Å². The number of anilines is 1. The monoisotopic (exact) mass is 876 g/mol. The summed E-state index contributed by atoms with van der Waals surface area (Å²) in [7, 11) is -4.48. The highest BCUT2D eigenvalue weighted by atomic mass is 31.2. The molecule has 1 aliphatic heterocycles. The quantitative estimate of drug-likeness (QED) is 0.0149. The van der Waals surface area contributed by atoms with Gasteiger partial charge in [0.1, 0.15) is 30.7 Å². The largest absolute Gasteiger partial charge is 0.465 e. The van der Waals surface area contributed by atoms with Gasteiger partial charge in [-0.3, -0.25) is 13.9 Å². The Morgan fingerprint density at radius 1 is 0.935 bits per heavy atom. The minimum atomic E-state index is -4.48. The van der Waals surface area contributed by atoms with Gasteiger partial charge in [-0.15, -0.1) is 6.42 Å². The molecule has 1 saturated heterocycles. The van der Waals surface area contributed by atoms with Crippen LogP contribution in [0.5, 0.6) is 5.75 Å². The van der Waals surface area contributed by atoms with E-state index in [9.17, 15) is 18.9 Å². The van der Waals surface area contributed by atoms with E-state index in [4.69, 9.17) is 30.7 Å². The number of imidazole rings is 1. The summed E-state index contributed by atoms with van der Waals surface area (Å²) < 4.78 is 54.2. The van der Waals surface area contributed by atoms with Crippen LogP contribution < -0.4 is 15.3 Å². The molecular formula is C47H66FN6O7P. The van der Waals surface area contributed by atoms with E-state index >= 15 is 0 Å². The van der Waals surface area contributed by atoms with Crippen LogP contribution in [0.1, 0.15) is 141 Å². The first-order valence-corrected chi connectivity index (χ1v) is 24.2. The summed E-state index contributed by atoms with van der Waals surface area (Å²) >= 11 is 0. The fraction of sp³-hybridized carbons (Fsp3) is 0.574. The van der Waals surface area contributed by atoms with Gasteiger partial charge in [0.2, 0.25) is 0 Å². The Kier molecular flexibility index (Phi) is 20.1. The van der Waals surface area contributed by atoms with Crippen molar-refractivity contribution in [1.82, 2.24) is 24.6 Å². The molecule has 4 N–H and O–H groups in total. The number of nitrogens with zero attached hydrogens (tertiary/aromatic N) is 4. The Balaban J connectivity index is 1.12. The molecule has 338 valence electrons. The maximum absolute atomic E-state index is 14.8. The van der Waals surface area contributed by atoms with Gasteiger partial charge in [-0.25, -0.2) is 9.55 Å². The van der Waals surface area contributed by atoms with Crippen molar-refractivity contribution in [2.75, 3.05) is 18.9 Å². The number of hydrogen-bond acceptors (Lipinski definition) is 11. The first kappa shape index (κ1) is 48.6. The van der Waals surface area contributed by atoms with Crippen molar-refractivity contribution in [3.05, 3.63) is 78.6 Å². The van der Waals surface area contributed by atoms with E-state index in [1.165, 1.54) is 101 Å². The number of halogens is 1. The Morgan fingerprint density at radius 2 is 1.50 bits per heavy atom. The molecule has 0 bridgehead atoms. The van der Waals surface area contributed by atoms with Crippen LogP contribution in [0.15, 0.2) is 67.0 Å². The molecule has 5 rings (SSSR count). The van der Waals surface area contributed by atoms with Gasteiger partial charge in [-0.05, 0) is 30.5 Å². The van der Waals surface area contributed by atoms with Crippen molar-refractivity contribution in [2.45, 2.75) is 159 Å². The number of rotatable bonds is 30. The second-order valence-corrected chi connectivity index (χ2v) is 18.0. The minimum Gasteiger partial charge on any atom is -0.465 e. The molecule has 13 nitrogen and oxygen atoms in total. The predicted octanol–water partition coefficient (Wildman–Crippen LogP) is 10.2. The number of aromatic nitrogens is 4. The third-order valence-corrected chi connectivity index (χ3v) is 12.9. The number of aliphatic hydroxyl groups excluding tert-OH is 1. The van der Waals surface area contributed by atoms with E-state index in [1.54, 1.807) is 30.3 Å². The van der Waals surface area contributed by atoms with Gasteiger partial charge < -0.3 is 24.8 Å². The lowest BCUT2D eigenvalue weighted by molar-refractivity contribution is -0.146. The number of aliphatic hydroxyl groups is 1. The number of fused-ring (bicyclic) bond motifs is 1. The Morgan fingerprint density at radius 3 is 2.08 bits per heavy atom. The topological polar surface area (TPSA) is 173 Å². The van der Waals surface area contributed by atoms with Crippen molar-refractivity contribution < 1.29 is 37.4 Å². The molecule has 5 atom stereocenters. The van der Waals surface area contributed by atoms with E-state index in [0.29, 0.717) is 6.42 Å². The number of nitrogens with one attached hydrogen (secondary N) is 1. The fourth-order valence-corrected chi connectivity index (χ4v) is 9.25. The third-order valence-electron chi connectivity index (χ3n) is 11.3. The molecule has 4 aromatic rings. The van der Waals surface area contributed by atoms with E-state index in [1.807, 2.05) is 30.3 Å². The first-order valence-electron chi connectivity index (χ1n) is 22.6. The van der Waals surface area contributed by atoms with Gasteiger partial charge in [0.25, 0.3) is 0 Å². The highest BCUT2D eigenvalue weighted by Gasteiger charge is 2.50. The predicted molar refractivity (Wildman–Crippen MR) is 239 cm³/mol.